The smallest absolute Gasteiger partial charge is 0.331 e. The average Bonchev–Trinajstić information content (AvgIpc) is 3.88. The highest BCUT2D eigenvalue weighted by molar-refractivity contribution is 5.85. The fourth-order valence-corrected chi connectivity index (χ4v) is 13.8. The molecule has 294 valence electrons. The molecule has 4 aliphatic carbocycles. The predicted molar refractivity (Wildman–Crippen MR) is 207 cm³/mol. The van der Waals surface area contributed by atoms with Crippen LogP contribution in [-0.4, -0.2) is 52.2 Å². The summed E-state index contributed by atoms with van der Waals surface area (Å²) in [6.07, 6.45) is 16.8. The van der Waals surface area contributed by atoms with Gasteiger partial charge in [0.05, 0.1) is 23.5 Å². The number of hydrazine groups is 1. The van der Waals surface area contributed by atoms with E-state index in [4.69, 9.17) is 9.47 Å². The van der Waals surface area contributed by atoms with E-state index in [1.165, 1.54) is 31.2 Å². The van der Waals surface area contributed by atoms with Crippen molar-refractivity contribution < 1.29 is 29.3 Å². The van der Waals surface area contributed by atoms with Crippen molar-refractivity contribution in [2.45, 2.75) is 166 Å². The zero-order chi connectivity index (χ0) is 37.8. The molecule has 8 rings (SSSR count). The Morgan fingerprint density at radius 2 is 1.78 bits per heavy atom. The van der Waals surface area contributed by atoms with Gasteiger partial charge in [-0.2, -0.15) is 0 Å². The Kier molecular flexibility index (Phi) is 10.1. The number of fused-ring (bicyclic) bond motifs is 3. The van der Waals surface area contributed by atoms with Gasteiger partial charge in [0.2, 0.25) is 0 Å². The second kappa shape index (κ2) is 14.4. The standard InChI is InChI=1S/C46H64N2O6/c1-32(13-11-17-33-15-5-4-6-16-33)14-12-24-44-37(49)20-25-42(3)35-28-43(22-9-10-23-43)29-36(35)47-48-45(40(42)44)31-41(2,21-8-7-18-38(50)54-45)46(44,52)26-19-34-27-39(51)53-30-34/h4-6,15-16,27,32,35-37,40,47-49,52H,7,9-14,17-20,22-26,28-31H2,1-3H3. The molecule has 2 spiro atoms. The third kappa shape index (κ3) is 6.28. The first-order chi connectivity index (χ1) is 25.9. The van der Waals surface area contributed by atoms with Gasteiger partial charge in [0, 0.05) is 36.3 Å². The Labute approximate surface area is 323 Å². The topological polar surface area (TPSA) is 117 Å². The molecule has 1 aromatic carbocycles. The van der Waals surface area contributed by atoms with Crippen molar-refractivity contribution >= 4 is 11.9 Å². The lowest BCUT2D eigenvalue weighted by Gasteiger charge is -2.72. The summed E-state index contributed by atoms with van der Waals surface area (Å²) >= 11 is 0. The van der Waals surface area contributed by atoms with E-state index >= 15 is 0 Å². The number of nitrogens with one attached hydrogen (secondary N) is 2. The van der Waals surface area contributed by atoms with Crippen molar-refractivity contribution in [3.8, 4) is 11.8 Å². The van der Waals surface area contributed by atoms with E-state index in [2.05, 4.69) is 73.8 Å². The molecule has 4 N–H and O–H groups in total. The van der Waals surface area contributed by atoms with Crippen LogP contribution in [0.15, 0.2) is 42.0 Å². The highest BCUT2D eigenvalue weighted by atomic mass is 16.6. The van der Waals surface area contributed by atoms with Crippen LogP contribution in [-0.2, 0) is 25.5 Å². The van der Waals surface area contributed by atoms with Crippen molar-refractivity contribution in [3.05, 3.63) is 47.5 Å². The Bertz CT molecular complexity index is 1680. The fraction of sp³-hybridized carbons (Fsp3) is 0.739. The summed E-state index contributed by atoms with van der Waals surface area (Å²) in [6.45, 7) is 7.04. The number of benzene rings is 1. The van der Waals surface area contributed by atoms with Gasteiger partial charge in [-0.25, -0.2) is 10.2 Å². The number of hydrogen-bond acceptors (Lipinski definition) is 8. The summed E-state index contributed by atoms with van der Waals surface area (Å²) in [4.78, 5) is 26.1. The second-order valence-electron chi connectivity index (χ2n) is 19.5. The molecule has 54 heavy (non-hydrogen) atoms. The van der Waals surface area contributed by atoms with E-state index in [-0.39, 0.29) is 42.3 Å². The zero-order valence-electron chi connectivity index (χ0n) is 33.0. The van der Waals surface area contributed by atoms with Crippen molar-refractivity contribution in [2.75, 3.05) is 6.61 Å². The number of hydrogen-bond donors (Lipinski definition) is 4. The van der Waals surface area contributed by atoms with Gasteiger partial charge in [-0.15, -0.1) is 5.92 Å². The van der Waals surface area contributed by atoms with Gasteiger partial charge in [0.1, 0.15) is 6.61 Å². The first kappa shape index (κ1) is 38.2. The monoisotopic (exact) mass is 740 g/mol. The van der Waals surface area contributed by atoms with Crippen LogP contribution in [0.4, 0.5) is 0 Å². The maximum Gasteiger partial charge on any atom is 0.331 e. The number of carbonyl (C=O) groups excluding carboxylic acids is 2. The van der Waals surface area contributed by atoms with E-state index in [0.29, 0.717) is 55.8 Å². The molecular weight excluding hydrogens is 677 g/mol. The lowest BCUT2D eigenvalue weighted by Crippen LogP contribution is -2.81. The molecule has 2 bridgehead atoms. The van der Waals surface area contributed by atoms with Gasteiger partial charge < -0.3 is 19.7 Å². The van der Waals surface area contributed by atoms with E-state index < -0.39 is 28.3 Å². The lowest BCUT2D eigenvalue weighted by molar-refractivity contribution is -0.342. The van der Waals surface area contributed by atoms with Crippen LogP contribution in [0.2, 0.25) is 0 Å². The van der Waals surface area contributed by atoms with Gasteiger partial charge in [-0.3, -0.25) is 10.2 Å². The Balaban J connectivity index is 1.21. The second-order valence-corrected chi connectivity index (χ2v) is 19.5. The minimum atomic E-state index is -1.45. The lowest BCUT2D eigenvalue weighted by atomic mass is 9.34. The maximum atomic E-state index is 14.1. The minimum Gasteiger partial charge on any atom is -0.458 e. The highest BCUT2D eigenvalue weighted by Gasteiger charge is 2.80. The van der Waals surface area contributed by atoms with Crippen LogP contribution in [0, 0.1) is 51.3 Å². The van der Waals surface area contributed by atoms with Crippen LogP contribution in [0.3, 0.4) is 0 Å². The summed E-state index contributed by atoms with van der Waals surface area (Å²) in [5.74, 6) is 6.69. The highest BCUT2D eigenvalue weighted by Crippen LogP contribution is 2.75. The molecule has 3 heterocycles. The van der Waals surface area contributed by atoms with E-state index in [0.717, 1.165) is 56.9 Å². The van der Waals surface area contributed by atoms with Crippen LogP contribution in [0.5, 0.6) is 0 Å². The van der Waals surface area contributed by atoms with Gasteiger partial charge in [0.25, 0.3) is 0 Å². The number of esters is 2. The van der Waals surface area contributed by atoms with E-state index in [1.807, 2.05) is 0 Å². The van der Waals surface area contributed by atoms with Crippen LogP contribution >= 0.6 is 0 Å². The van der Waals surface area contributed by atoms with Crippen LogP contribution in [0.25, 0.3) is 0 Å². The molecule has 10 atom stereocenters. The Morgan fingerprint density at radius 3 is 2.54 bits per heavy atom. The summed E-state index contributed by atoms with van der Waals surface area (Å²) < 4.78 is 12.2. The van der Waals surface area contributed by atoms with Gasteiger partial charge >= 0.3 is 11.9 Å². The summed E-state index contributed by atoms with van der Waals surface area (Å²) in [6, 6.07) is 10.9. The van der Waals surface area contributed by atoms with Gasteiger partial charge in [-0.05, 0) is 111 Å². The summed E-state index contributed by atoms with van der Waals surface area (Å²) in [5, 5.41) is 27.0. The number of carbonyl (C=O) groups is 2. The van der Waals surface area contributed by atoms with Crippen molar-refractivity contribution in [3.63, 3.8) is 0 Å². The largest absolute Gasteiger partial charge is 0.458 e. The third-order valence-electron chi connectivity index (χ3n) is 16.2. The quantitative estimate of drug-likeness (QED) is 0.137. The molecule has 1 aromatic rings. The number of aliphatic hydroxyl groups is 2. The predicted octanol–water partition coefficient (Wildman–Crippen LogP) is 7.47. The molecule has 3 aliphatic heterocycles. The number of aryl methyl sites for hydroxylation is 1. The fourth-order valence-electron chi connectivity index (χ4n) is 13.8. The Morgan fingerprint density at radius 1 is 1.00 bits per heavy atom. The molecule has 0 radical (unpaired) electrons. The SMILES string of the molecule is CC(CCCc1ccccc1)CCCC12C(O)CCC3(C)C4CC5(CCCC5)CC4NNC4(CC(C)(C#CCCC(=O)O4)C1(O)CCC1=CC(=O)OC1)C32. The maximum absolute atomic E-state index is 14.1. The molecule has 10 unspecified atom stereocenters. The zero-order valence-corrected chi connectivity index (χ0v) is 33.0. The number of rotatable bonds is 11. The third-order valence-corrected chi connectivity index (χ3v) is 16.2. The number of aliphatic hydroxyl groups excluding tert-OH is 1. The molecule has 4 saturated carbocycles. The molecule has 1 saturated heterocycles. The molecule has 0 amide bonds. The van der Waals surface area contributed by atoms with Gasteiger partial charge in [0.15, 0.2) is 5.72 Å². The summed E-state index contributed by atoms with van der Waals surface area (Å²) in [7, 11) is 0. The molecular formula is C46H64N2O6. The van der Waals surface area contributed by atoms with Crippen LogP contribution in [0.1, 0.15) is 142 Å². The molecule has 8 nitrogen and oxygen atoms in total. The van der Waals surface area contributed by atoms with Gasteiger partial charge in [-0.1, -0.05) is 82.2 Å². The van der Waals surface area contributed by atoms with E-state index in [9.17, 15) is 19.8 Å². The van der Waals surface area contributed by atoms with Crippen molar-refractivity contribution in [1.29, 1.82) is 0 Å². The van der Waals surface area contributed by atoms with Crippen LogP contribution < -0.4 is 10.9 Å². The first-order valence-corrected chi connectivity index (χ1v) is 21.4. The average molecular weight is 741 g/mol. The van der Waals surface area contributed by atoms with Crippen molar-refractivity contribution in [2.24, 2.45) is 39.4 Å². The molecule has 7 aliphatic rings. The molecule has 8 heteroatoms. The van der Waals surface area contributed by atoms with Crippen molar-refractivity contribution in [1.82, 2.24) is 10.9 Å². The molecule has 0 aromatic heterocycles. The Hall–Kier alpha value is -2.70. The number of ether oxygens (including phenoxy) is 2. The summed E-state index contributed by atoms with van der Waals surface area (Å²) in [5.41, 5.74) is 5.13. The number of cyclic esters (lactones) is 1. The van der Waals surface area contributed by atoms with E-state index in [1.54, 1.807) is 6.08 Å². The molecule has 5 fully saturated rings. The minimum absolute atomic E-state index is 0.187. The normalized spacial score (nSPS) is 41.2. The first-order valence-electron chi connectivity index (χ1n) is 21.4.